The summed E-state index contributed by atoms with van der Waals surface area (Å²) in [7, 11) is -9.91. The zero-order valence-corrected chi connectivity index (χ0v) is 65.2. The summed E-state index contributed by atoms with van der Waals surface area (Å²) in [5.74, 6) is -0.549. The molecule has 0 rings (SSSR count). The Morgan fingerprint density at radius 3 is 0.701 bits per heavy atom. The van der Waals surface area contributed by atoms with Gasteiger partial charge in [0.05, 0.1) is 26.4 Å². The van der Waals surface area contributed by atoms with Gasteiger partial charge in [0.15, 0.2) is 12.2 Å². The number of ether oxygens (including phenoxy) is 4. The molecule has 0 aliphatic heterocycles. The fourth-order valence-corrected chi connectivity index (χ4v) is 13.6. The molecule has 0 radical (unpaired) electrons. The molecule has 0 amide bonds. The van der Waals surface area contributed by atoms with Crippen molar-refractivity contribution in [3.8, 4) is 0 Å². The maximum atomic E-state index is 13.1. The molecule has 0 spiro atoms. The number of aliphatic hydroxyl groups excluding tert-OH is 1. The molecule has 0 aromatic rings. The topological polar surface area (TPSA) is 237 Å². The normalized spacial score (nSPS) is 14.0. The van der Waals surface area contributed by atoms with Gasteiger partial charge in [-0.15, -0.1) is 0 Å². The monoisotopic (exact) mass is 1420 g/mol. The third kappa shape index (κ3) is 72.2. The van der Waals surface area contributed by atoms with Crippen molar-refractivity contribution in [2.75, 3.05) is 39.6 Å². The highest BCUT2D eigenvalue weighted by Gasteiger charge is 2.30. The van der Waals surface area contributed by atoms with Crippen molar-refractivity contribution in [2.45, 2.75) is 426 Å². The lowest BCUT2D eigenvalue weighted by Gasteiger charge is -2.21. The second-order valence-electron chi connectivity index (χ2n) is 29.1. The first-order valence-corrected chi connectivity index (χ1v) is 43.5. The number of phosphoric ester groups is 2. The highest BCUT2D eigenvalue weighted by molar-refractivity contribution is 7.47. The smallest absolute Gasteiger partial charge is 0.462 e. The molecule has 576 valence electrons. The molecule has 5 atom stereocenters. The van der Waals surface area contributed by atoms with Crippen LogP contribution in [0.25, 0.3) is 0 Å². The van der Waals surface area contributed by atoms with Crippen LogP contribution in [-0.4, -0.2) is 96.7 Å². The molecule has 3 N–H and O–H groups in total. The van der Waals surface area contributed by atoms with Crippen molar-refractivity contribution in [1.29, 1.82) is 0 Å². The Morgan fingerprint density at radius 1 is 0.278 bits per heavy atom. The average molecular weight is 1420 g/mol. The van der Waals surface area contributed by atoms with Crippen molar-refractivity contribution in [1.82, 2.24) is 0 Å². The van der Waals surface area contributed by atoms with E-state index in [9.17, 15) is 43.2 Å². The molecule has 2 unspecified atom stereocenters. The van der Waals surface area contributed by atoms with Crippen LogP contribution in [0.3, 0.4) is 0 Å². The Morgan fingerprint density at radius 2 is 0.474 bits per heavy atom. The van der Waals surface area contributed by atoms with Crippen LogP contribution in [-0.2, 0) is 65.4 Å². The Balaban J connectivity index is 5.25. The van der Waals surface area contributed by atoms with Crippen LogP contribution >= 0.6 is 15.6 Å². The van der Waals surface area contributed by atoms with E-state index in [1.165, 1.54) is 225 Å². The molecule has 0 heterocycles. The zero-order valence-electron chi connectivity index (χ0n) is 63.4. The second-order valence-corrected chi connectivity index (χ2v) is 32.0. The van der Waals surface area contributed by atoms with E-state index in [4.69, 9.17) is 37.0 Å². The lowest BCUT2D eigenvalue weighted by molar-refractivity contribution is -0.161. The van der Waals surface area contributed by atoms with Crippen LogP contribution in [0.2, 0.25) is 0 Å². The number of hydrogen-bond acceptors (Lipinski definition) is 15. The molecule has 0 fully saturated rings. The summed E-state index contributed by atoms with van der Waals surface area (Å²) in [5, 5.41) is 10.6. The highest BCUT2D eigenvalue weighted by atomic mass is 31.2. The summed E-state index contributed by atoms with van der Waals surface area (Å²) in [6.45, 7) is 9.64. The van der Waals surface area contributed by atoms with Gasteiger partial charge in [-0.25, -0.2) is 9.13 Å². The van der Waals surface area contributed by atoms with Crippen LogP contribution in [0.5, 0.6) is 0 Å². The van der Waals surface area contributed by atoms with E-state index in [2.05, 4.69) is 41.5 Å². The van der Waals surface area contributed by atoms with E-state index in [-0.39, 0.29) is 25.7 Å². The van der Waals surface area contributed by atoms with Gasteiger partial charge in [0.1, 0.15) is 19.3 Å². The Hall–Kier alpha value is -1.94. The van der Waals surface area contributed by atoms with E-state index < -0.39 is 97.5 Å². The van der Waals surface area contributed by atoms with Gasteiger partial charge in [-0.05, 0) is 37.5 Å². The second kappa shape index (κ2) is 69.8. The predicted octanol–water partition coefficient (Wildman–Crippen LogP) is 23.1. The Labute approximate surface area is 594 Å². The molecule has 0 aromatic heterocycles. The lowest BCUT2D eigenvalue weighted by Crippen LogP contribution is -2.30. The van der Waals surface area contributed by atoms with Gasteiger partial charge in [-0.2, -0.15) is 0 Å². The number of carbonyl (C=O) groups excluding carboxylic acids is 4. The predicted molar refractivity (Wildman–Crippen MR) is 395 cm³/mol. The SMILES string of the molecule is CCCCCCCCCCCCCCCC(=O)OC[C@H](COP(=O)(O)OC[C@H](O)COP(=O)(O)OC[C@@H](COC(=O)CCCCCCCCCCCCC(C)C)OC(=O)CCCCCCCCCCCCCCCCCC(C)C)OC(=O)CCCCCCCCCCCCCCC. The Bertz CT molecular complexity index is 1870. The molecule has 0 bridgehead atoms. The van der Waals surface area contributed by atoms with Gasteiger partial charge in [-0.1, -0.05) is 356 Å². The van der Waals surface area contributed by atoms with Crippen LogP contribution < -0.4 is 0 Å². The van der Waals surface area contributed by atoms with E-state index in [1.807, 2.05) is 0 Å². The van der Waals surface area contributed by atoms with Gasteiger partial charge < -0.3 is 33.8 Å². The van der Waals surface area contributed by atoms with Crippen molar-refractivity contribution in [3.63, 3.8) is 0 Å². The zero-order chi connectivity index (χ0) is 71.4. The minimum Gasteiger partial charge on any atom is -0.462 e. The van der Waals surface area contributed by atoms with Crippen molar-refractivity contribution >= 4 is 39.5 Å². The number of unbranched alkanes of at least 4 members (excludes halogenated alkanes) is 47. The summed E-state index contributed by atoms with van der Waals surface area (Å²) in [5.41, 5.74) is 0. The first kappa shape index (κ1) is 95.1. The standard InChI is InChI=1S/C78H152O17P2/c1-7-9-11-13-15-17-19-24-29-36-42-48-54-60-75(80)88-66-73(94-77(82)62-56-50-44-38-30-25-20-18-16-14-12-10-8-2)68-92-96(84,85)90-64-72(79)65-91-97(86,87)93-69-74(67-89-76(81)61-55-49-43-37-33-32-35-41-47-53-59-71(5)6)95-78(83)63-57-51-45-39-31-27-23-21-22-26-28-34-40-46-52-58-70(3)4/h70-74,79H,7-69H2,1-6H3,(H,84,85)(H,86,87)/t72-,73+,74+/m0/s1. The quantitative estimate of drug-likeness (QED) is 0.0222. The molecular formula is C78H152O17P2. The Kier molecular flexibility index (Phi) is 68.4. The van der Waals surface area contributed by atoms with Crippen LogP contribution in [0, 0.1) is 11.8 Å². The minimum absolute atomic E-state index is 0.108. The van der Waals surface area contributed by atoms with E-state index in [1.54, 1.807) is 0 Å². The largest absolute Gasteiger partial charge is 0.472 e. The van der Waals surface area contributed by atoms with Crippen LogP contribution in [0.1, 0.15) is 408 Å². The van der Waals surface area contributed by atoms with Crippen molar-refractivity contribution in [3.05, 3.63) is 0 Å². The van der Waals surface area contributed by atoms with Gasteiger partial charge in [0.2, 0.25) is 0 Å². The van der Waals surface area contributed by atoms with Gasteiger partial charge in [0, 0.05) is 25.7 Å². The van der Waals surface area contributed by atoms with E-state index in [0.717, 1.165) is 102 Å². The number of aliphatic hydroxyl groups is 1. The molecule has 0 aliphatic rings. The highest BCUT2D eigenvalue weighted by Crippen LogP contribution is 2.45. The van der Waals surface area contributed by atoms with Gasteiger partial charge >= 0.3 is 39.5 Å². The van der Waals surface area contributed by atoms with Crippen LogP contribution in [0.4, 0.5) is 0 Å². The summed E-state index contributed by atoms with van der Waals surface area (Å²) >= 11 is 0. The molecule has 0 saturated carbocycles. The maximum Gasteiger partial charge on any atom is 0.472 e. The molecular weight excluding hydrogens is 1270 g/mol. The molecule has 0 aromatic carbocycles. The summed E-state index contributed by atoms with van der Waals surface area (Å²) in [4.78, 5) is 72.9. The third-order valence-corrected chi connectivity index (χ3v) is 20.1. The van der Waals surface area contributed by atoms with E-state index >= 15 is 0 Å². The van der Waals surface area contributed by atoms with Crippen LogP contribution in [0.15, 0.2) is 0 Å². The maximum absolute atomic E-state index is 13.1. The molecule has 0 saturated heterocycles. The molecule has 97 heavy (non-hydrogen) atoms. The number of esters is 4. The lowest BCUT2D eigenvalue weighted by atomic mass is 10.0. The number of hydrogen-bond donors (Lipinski definition) is 3. The molecule has 19 heteroatoms. The summed E-state index contributed by atoms with van der Waals surface area (Å²) < 4.78 is 68.6. The number of carbonyl (C=O) groups is 4. The van der Waals surface area contributed by atoms with Crippen molar-refractivity contribution in [2.24, 2.45) is 11.8 Å². The number of rotatable bonds is 77. The fraction of sp³-hybridized carbons (Fsp3) is 0.949. The van der Waals surface area contributed by atoms with Gasteiger partial charge in [0.25, 0.3) is 0 Å². The third-order valence-electron chi connectivity index (χ3n) is 18.2. The van der Waals surface area contributed by atoms with Gasteiger partial charge in [-0.3, -0.25) is 37.3 Å². The fourth-order valence-electron chi connectivity index (χ4n) is 12.0. The number of phosphoric acid groups is 2. The average Bonchev–Trinajstić information content (AvgIpc) is 1.72. The van der Waals surface area contributed by atoms with E-state index in [0.29, 0.717) is 25.7 Å². The first-order valence-electron chi connectivity index (χ1n) is 40.5. The summed E-state index contributed by atoms with van der Waals surface area (Å²) in [6, 6.07) is 0. The van der Waals surface area contributed by atoms with Crippen molar-refractivity contribution < 1.29 is 80.2 Å². The first-order chi connectivity index (χ1) is 46.9. The minimum atomic E-state index is -4.96. The molecule has 0 aliphatic carbocycles. The molecule has 17 nitrogen and oxygen atoms in total. The summed E-state index contributed by atoms with van der Waals surface area (Å²) in [6.07, 6.45) is 58.1.